The van der Waals surface area contributed by atoms with Gasteiger partial charge in [0.1, 0.15) is 0 Å². The Bertz CT molecular complexity index is 146. The van der Waals surface area contributed by atoms with Gasteiger partial charge in [0.15, 0.2) is 0 Å². The highest BCUT2D eigenvalue weighted by Gasteiger charge is 2.50. The van der Waals surface area contributed by atoms with E-state index in [9.17, 15) is 0 Å². The average Bonchev–Trinajstić information content (AvgIpc) is 2.45. The Hall–Kier alpha value is 0. The summed E-state index contributed by atoms with van der Waals surface area (Å²) in [5.74, 6) is 3.26. The molecule has 0 aromatic heterocycles. The largest absolute Gasteiger partial charge is 0.0622 e. The minimum Gasteiger partial charge on any atom is -0.0622 e. The van der Waals surface area contributed by atoms with Crippen LogP contribution in [0.5, 0.6) is 0 Å². The molecule has 2 fully saturated rings. The Morgan fingerprint density at radius 3 is 2.00 bits per heavy atom. The molecule has 0 radical (unpaired) electrons. The van der Waals surface area contributed by atoms with Gasteiger partial charge < -0.3 is 0 Å². The fraction of sp³-hybridized carbons (Fsp3) is 1.00. The normalized spacial score (nSPS) is 50.1. The first-order chi connectivity index (χ1) is 4.61. The molecule has 2 rings (SSSR count). The van der Waals surface area contributed by atoms with Gasteiger partial charge in [-0.15, -0.1) is 0 Å². The van der Waals surface area contributed by atoms with E-state index in [0.717, 1.165) is 17.8 Å². The summed E-state index contributed by atoms with van der Waals surface area (Å²) < 4.78 is 0. The van der Waals surface area contributed by atoms with Crippen molar-refractivity contribution in [3.05, 3.63) is 0 Å². The van der Waals surface area contributed by atoms with E-state index in [2.05, 4.69) is 20.8 Å². The van der Waals surface area contributed by atoms with Crippen molar-refractivity contribution < 1.29 is 0 Å². The van der Waals surface area contributed by atoms with Crippen LogP contribution in [0.4, 0.5) is 0 Å². The van der Waals surface area contributed by atoms with Crippen LogP contribution in [0.1, 0.15) is 40.0 Å². The molecular weight excluding hydrogens is 120 g/mol. The van der Waals surface area contributed by atoms with Crippen LogP contribution in [-0.2, 0) is 0 Å². The molecule has 2 aliphatic carbocycles. The van der Waals surface area contributed by atoms with E-state index in [-0.39, 0.29) is 0 Å². The second kappa shape index (κ2) is 1.78. The van der Waals surface area contributed by atoms with Gasteiger partial charge in [0.2, 0.25) is 0 Å². The Labute approximate surface area is 64.0 Å². The topological polar surface area (TPSA) is 0 Å². The maximum absolute atomic E-state index is 2.44. The van der Waals surface area contributed by atoms with Crippen LogP contribution in [0, 0.1) is 23.2 Å². The quantitative estimate of drug-likeness (QED) is 0.522. The van der Waals surface area contributed by atoms with Gasteiger partial charge in [0.25, 0.3) is 0 Å². The molecule has 10 heavy (non-hydrogen) atoms. The number of rotatable bonds is 1. The third-order valence-electron chi connectivity index (χ3n) is 3.79. The number of hydrogen-bond donors (Lipinski definition) is 0. The Morgan fingerprint density at radius 2 is 1.90 bits per heavy atom. The Morgan fingerprint density at radius 1 is 1.30 bits per heavy atom. The molecule has 0 saturated heterocycles. The van der Waals surface area contributed by atoms with Crippen molar-refractivity contribution in [3.8, 4) is 0 Å². The molecule has 0 aromatic carbocycles. The number of hydrogen-bond acceptors (Lipinski definition) is 0. The fourth-order valence-electron chi connectivity index (χ4n) is 2.59. The third-order valence-corrected chi connectivity index (χ3v) is 3.79. The van der Waals surface area contributed by atoms with Crippen LogP contribution < -0.4 is 0 Å². The van der Waals surface area contributed by atoms with Crippen LogP contribution in [0.15, 0.2) is 0 Å². The van der Waals surface area contributed by atoms with Crippen LogP contribution in [0.3, 0.4) is 0 Å². The van der Waals surface area contributed by atoms with Gasteiger partial charge in [-0.3, -0.25) is 0 Å². The maximum Gasteiger partial charge on any atom is -0.0323 e. The lowest BCUT2D eigenvalue weighted by Crippen LogP contribution is -2.36. The van der Waals surface area contributed by atoms with Crippen molar-refractivity contribution in [3.63, 3.8) is 0 Å². The van der Waals surface area contributed by atoms with E-state index in [1.807, 2.05) is 0 Å². The highest BCUT2D eigenvalue weighted by molar-refractivity contribution is 5.00. The van der Waals surface area contributed by atoms with Crippen molar-refractivity contribution in [1.29, 1.82) is 0 Å². The molecule has 0 bridgehead atoms. The second-order valence-electron chi connectivity index (χ2n) is 5.01. The molecule has 0 N–H and O–H groups in total. The lowest BCUT2D eigenvalue weighted by molar-refractivity contribution is 0.0490. The van der Waals surface area contributed by atoms with Gasteiger partial charge in [0, 0.05) is 0 Å². The Balaban J connectivity index is 1.95. The monoisotopic (exact) mass is 138 g/mol. The van der Waals surface area contributed by atoms with Crippen LogP contribution in [0.2, 0.25) is 0 Å². The first-order valence-corrected chi connectivity index (χ1v) is 4.61. The third kappa shape index (κ3) is 0.810. The summed E-state index contributed by atoms with van der Waals surface area (Å²) >= 11 is 0. The van der Waals surface area contributed by atoms with E-state index in [1.54, 1.807) is 0 Å². The van der Waals surface area contributed by atoms with Gasteiger partial charge >= 0.3 is 0 Å². The molecule has 2 aliphatic rings. The molecule has 0 aromatic rings. The fourth-order valence-corrected chi connectivity index (χ4v) is 2.59. The summed E-state index contributed by atoms with van der Waals surface area (Å²) in [6, 6.07) is 0. The molecule has 0 spiro atoms. The summed E-state index contributed by atoms with van der Waals surface area (Å²) in [4.78, 5) is 0. The van der Waals surface area contributed by atoms with E-state index >= 15 is 0 Å². The lowest BCUT2D eigenvalue weighted by Gasteiger charge is -2.45. The SMILES string of the molecule is CC1CC1C1CCC1(C)C. The summed E-state index contributed by atoms with van der Waals surface area (Å²) in [6.07, 6.45) is 4.51. The molecular formula is C10H18. The average molecular weight is 138 g/mol. The van der Waals surface area contributed by atoms with Gasteiger partial charge in [-0.25, -0.2) is 0 Å². The van der Waals surface area contributed by atoms with Gasteiger partial charge in [-0.05, 0) is 42.4 Å². The molecule has 0 nitrogen and oxygen atoms in total. The molecule has 2 saturated carbocycles. The highest BCUT2D eigenvalue weighted by Crippen LogP contribution is 2.59. The molecule has 3 atom stereocenters. The lowest BCUT2D eigenvalue weighted by atomic mass is 9.60. The van der Waals surface area contributed by atoms with E-state index in [0.29, 0.717) is 5.41 Å². The minimum absolute atomic E-state index is 0.704. The van der Waals surface area contributed by atoms with Crippen molar-refractivity contribution in [2.45, 2.75) is 40.0 Å². The predicted molar refractivity (Wildman–Crippen MR) is 43.8 cm³/mol. The molecule has 3 unspecified atom stereocenters. The predicted octanol–water partition coefficient (Wildman–Crippen LogP) is 3.08. The summed E-state index contributed by atoms with van der Waals surface area (Å²) in [6.45, 7) is 7.28. The first-order valence-electron chi connectivity index (χ1n) is 4.61. The van der Waals surface area contributed by atoms with Crippen molar-refractivity contribution >= 4 is 0 Å². The molecule has 0 aliphatic heterocycles. The molecule has 58 valence electrons. The van der Waals surface area contributed by atoms with Gasteiger partial charge in [0.05, 0.1) is 0 Å². The first kappa shape index (κ1) is 6.69. The zero-order valence-corrected chi connectivity index (χ0v) is 7.35. The molecule has 0 heteroatoms. The second-order valence-corrected chi connectivity index (χ2v) is 5.01. The van der Waals surface area contributed by atoms with Crippen molar-refractivity contribution in [2.24, 2.45) is 23.2 Å². The smallest absolute Gasteiger partial charge is 0.0323 e. The molecule has 0 heterocycles. The summed E-state index contributed by atoms with van der Waals surface area (Å²) in [7, 11) is 0. The standard InChI is InChI=1S/C10H18/c1-7-6-8(7)9-4-5-10(9,2)3/h7-9H,4-6H2,1-3H3. The van der Waals surface area contributed by atoms with Crippen molar-refractivity contribution in [2.75, 3.05) is 0 Å². The van der Waals surface area contributed by atoms with E-state index in [4.69, 9.17) is 0 Å². The minimum atomic E-state index is 0.704. The summed E-state index contributed by atoms with van der Waals surface area (Å²) in [5.41, 5.74) is 0.704. The van der Waals surface area contributed by atoms with Crippen molar-refractivity contribution in [1.82, 2.24) is 0 Å². The zero-order valence-electron chi connectivity index (χ0n) is 7.35. The van der Waals surface area contributed by atoms with Crippen LogP contribution in [0.25, 0.3) is 0 Å². The maximum atomic E-state index is 2.44. The van der Waals surface area contributed by atoms with Gasteiger partial charge in [-0.2, -0.15) is 0 Å². The Kier molecular flexibility index (Phi) is 1.19. The van der Waals surface area contributed by atoms with E-state index < -0.39 is 0 Å². The van der Waals surface area contributed by atoms with Gasteiger partial charge in [-0.1, -0.05) is 20.8 Å². The summed E-state index contributed by atoms with van der Waals surface area (Å²) in [5, 5.41) is 0. The van der Waals surface area contributed by atoms with E-state index in [1.165, 1.54) is 19.3 Å². The van der Waals surface area contributed by atoms with Crippen LogP contribution >= 0.6 is 0 Å². The zero-order chi connectivity index (χ0) is 7.35. The highest BCUT2D eigenvalue weighted by atomic mass is 14.6. The van der Waals surface area contributed by atoms with Crippen LogP contribution in [-0.4, -0.2) is 0 Å². The molecule has 0 amide bonds.